The van der Waals surface area contributed by atoms with Crippen LogP contribution in [0.5, 0.6) is 0 Å². The average Bonchev–Trinajstić information content (AvgIpc) is 1.50. The monoisotopic (exact) mass is 1150 g/mol. The second-order valence-electron chi connectivity index (χ2n) is 20.2. The van der Waals surface area contributed by atoms with E-state index in [9.17, 15) is 47.4 Å². The topological polar surface area (TPSA) is 224 Å². The Morgan fingerprint density at radius 3 is 0.886 bits per heavy atom. The number of fused-ring (bicyclic) bond motifs is 6. The number of hydrogen-bond donors (Lipinski definition) is 0. The van der Waals surface area contributed by atoms with Crippen molar-refractivity contribution in [1.82, 2.24) is 9.13 Å². The summed E-state index contributed by atoms with van der Waals surface area (Å²) in [4.78, 5) is 0. The summed E-state index contributed by atoms with van der Waals surface area (Å²) in [7, 11) is 0. The van der Waals surface area contributed by atoms with Gasteiger partial charge in [0.15, 0.2) is 0 Å². The summed E-state index contributed by atoms with van der Waals surface area (Å²) in [5, 5.41) is 93.7. The molecule has 0 aliphatic heterocycles. The Bertz CT molecular complexity index is 5200. The van der Waals surface area contributed by atoms with Crippen molar-refractivity contribution < 1.29 is 26.3 Å². The first-order valence-electron chi connectivity index (χ1n) is 26.3. The van der Waals surface area contributed by atoms with E-state index in [-0.39, 0.29) is 61.2 Å². The third kappa shape index (κ3) is 9.03. The van der Waals surface area contributed by atoms with Crippen molar-refractivity contribution in [1.29, 1.82) is 47.4 Å². The van der Waals surface area contributed by atoms with E-state index in [0.29, 0.717) is 95.3 Å². The highest BCUT2D eigenvalue weighted by Gasteiger charge is 2.42. The van der Waals surface area contributed by atoms with Crippen LogP contribution >= 0.6 is 0 Å². The van der Waals surface area contributed by atoms with Crippen molar-refractivity contribution in [2.24, 2.45) is 0 Å². The van der Waals surface area contributed by atoms with Crippen LogP contribution in [0.3, 0.4) is 0 Å². The van der Waals surface area contributed by atoms with Gasteiger partial charge in [0.2, 0.25) is 0 Å². The van der Waals surface area contributed by atoms with Crippen LogP contribution in [0, 0.1) is 102 Å². The van der Waals surface area contributed by atoms with Gasteiger partial charge in [-0.15, -0.1) is 0 Å². The van der Waals surface area contributed by atoms with Gasteiger partial charge >= 0.3 is 12.4 Å². The maximum atomic E-state index is 15.6. The van der Waals surface area contributed by atoms with Crippen molar-refractivity contribution in [2.75, 3.05) is 0 Å². The Morgan fingerprint density at radius 2 is 0.602 bits per heavy atom. The molecule has 12 aromatic rings. The molecule has 0 saturated heterocycles. The molecule has 410 valence electrons. The van der Waals surface area contributed by atoms with Gasteiger partial charge in [0, 0.05) is 32.7 Å². The molecule has 12 rings (SSSR count). The highest BCUT2D eigenvalue weighted by Crippen LogP contribution is 2.50. The number of aromatic nitrogens is 2. The Hall–Kier alpha value is -13.2. The highest BCUT2D eigenvalue weighted by molar-refractivity contribution is 6.14. The largest absolute Gasteiger partial charge is 0.417 e. The van der Waals surface area contributed by atoms with E-state index in [1.165, 1.54) is 47.0 Å². The van der Waals surface area contributed by atoms with Gasteiger partial charge in [0.1, 0.15) is 11.6 Å². The molecule has 0 saturated carbocycles. The van der Waals surface area contributed by atoms with E-state index < -0.39 is 45.9 Å². The van der Waals surface area contributed by atoms with E-state index in [0.717, 1.165) is 6.07 Å². The molecule has 0 aliphatic rings. The van der Waals surface area contributed by atoms with Gasteiger partial charge in [0.25, 0.3) is 0 Å². The molecule has 0 unspecified atom stereocenters. The van der Waals surface area contributed by atoms with Crippen LogP contribution in [0.25, 0.3) is 111 Å². The van der Waals surface area contributed by atoms with Crippen molar-refractivity contribution >= 4 is 43.6 Å². The molecular weight excluding hydrogens is 1120 g/mol. The maximum absolute atomic E-state index is 15.6. The normalized spacial score (nSPS) is 11.2. The molecular formula is C71H29F6N11. The Balaban J connectivity index is 1.25. The zero-order valence-corrected chi connectivity index (χ0v) is 44.9. The van der Waals surface area contributed by atoms with Crippen molar-refractivity contribution in [2.45, 2.75) is 12.4 Å². The minimum Gasteiger partial charge on any atom is -0.308 e. The molecule has 0 aliphatic carbocycles. The average molecular weight is 1150 g/mol. The molecule has 0 bridgehead atoms. The number of nitrogens with zero attached hydrogens (tertiary/aromatic N) is 11. The predicted molar refractivity (Wildman–Crippen MR) is 315 cm³/mol. The SMILES string of the molecule is N#Cc1ccc(-c2ccc3c(c2)c2cc(-c4ccc(C#N)cc4C#N)ccc2n3-c2ccc(-c3c(C(F)(F)F)cccc3C(F)(F)F)c(-n3c4ccc(-c5ccc(C#N)cc5C#N)cc4c4cc(-c5ccc(C#N)cc5C#N)ccc43)c2C#N)c(C#N)c1. The second-order valence-corrected chi connectivity index (χ2v) is 20.2. The van der Waals surface area contributed by atoms with Crippen LogP contribution < -0.4 is 0 Å². The van der Waals surface area contributed by atoms with Crippen LogP contribution in [0.4, 0.5) is 26.3 Å². The first-order valence-corrected chi connectivity index (χ1v) is 26.3. The predicted octanol–water partition coefficient (Wildman–Crippen LogP) is 17.1. The quantitative estimate of drug-likeness (QED) is 0.138. The number of benzene rings is 10. The fourth-order valence-corrected chi connectivity index (χ4v) is 11.7. The molecule has 0 radical (unpaired) electrons. The second kappa shape index (κ2) is 21.2. The lowest BCUT2D eigenvalue weighted by atomic mass is 9.90. The third-order valence-corrected chi connectivity index (χ3v) is 15.5. The Morgan fingerprint density at radius 1 is 0.295 bits per heavy atom. The lowest BCUT2D eigenvalue weighted by Gasteiger charge is -2.24. The first-order chi connectivity index (χ1) is 42.5. The number of nitriles is 9. The van der Waals surface area contributed by atoms with E-state index in [4.69, 9.17) is 0 Å². The van der Waals surface area contributed by atoms with Gasteiger partial charge in [-0.25, -0.2) is 0 Å². The summed E-state index contributed by atoms with van der Waals surface area (Å²) in [6.45, 7) is 0. The number of rotatable bonds is 7. The van der Waals surface area contributed by atoms with Gasteiger partial charge in [0.05, 0.1) is 138 Å². The number of halogens is 6. The van der Waals surface area contributed by atoms with Crippen LogP contribution in [0.1, 0.15) is 61.2 Å². The summed E-state index contributed by atoms with van der Waals surface area (Å²) in [5.41, 5.74) is -0.145. The molecule has 11 nitrogen and oxygen atoms in total. The molecule has 0 fully saturated rings. The molecule has 0 amide bonds. The molecule has 10 aromatic carbocycles. The zero-order valence-electron chi connectivity index (χ0n) is 44.9. The summed E-state index contributed by atoms with van der Waals surface area (Å²) in [6, 6.07) is 61.0. The highest BCUT2D eigenvalue weighted by atomic mass is 19.4. The minimum absolute atomic E-state index is 0.0114. The molecule has 0 N–H and O–H groups in total. The molecule has 17 heteroatoms. The lowest BCUT2D eigenvalue weighted by Crippen LogP contribution is -2.16. The van der Waals surface area contributed by atoms with Gasteiger partial charge in [-0.1, -0.05) is 60.7 Å². The molecule has 0 spiro atoms. The van der Waals surface area contributed by atoms with Crippen molar-refractivity contribution in [3.8, 4) is 122 Å². The lowest BCUT2D eigenvalue weighted by molar-refractivity contribution is -0.142. The summed E-state index contributed by atoms with van der Waals surface area (Å²) in [6.07, 6.45) is -10.8. The van der Waals surface area contributed by atoms with E-state index >= 15 is 26.3 Å². The van der Waals surface area contributed by atoms with Gasteiger partial charge < -0.3 is 9.13 Å². The van der Waals surface area contributed by atoms with E-state index in [2.05, 4.69) is 30.3 Å². The van der Waals surface area contributed by atoms with Gasteiger partial charge in [-0.3, -0.25) is 0 Å². The van der Waals surface area contributed by atoms with Crippen LogP contribution in [-0.4, -0.2) is 9.13 Å². The molecule has 2 heterocycles. The summed E-state index contributed by atoms with van der Waals surface area (Å²) in [5.74, 6) is 0. The Labute approximate surface area is 495 Å². The first kappa shape index (κ1) is 55.3. The van der Waals surface area contributed by atoms with Crippen molar-refractivity contribution in [3.63, 3.8) is 0 Å². The van der Waals surface area contributed by atoms with E-state index in [1.54, 1.807) is 114 Å². The molecule has 2 aromatic heterocycles. The summed E-state index contributed by atoms with van der Waals surface area (Å²) >= 11 is 0. The Kier molecular flexibility index (Phi) is 13.3. The smallest absolute Gasteiger partial charge is 0.308 e. The van der Waals surface area contributed by atoms with Gasteiger partial charge in [-0.2, -0.15) is 73.7 Å². The number of alkyl halides is 6. The standard InChI is InChI=1S/C71H29F6N11/c72-70(73,74)61-2-1-3-62(71(75,76)77)68(61)55-16-21-67(87-63-17-8-43(51-12-4-39(30-78)22-47(51)34-82)26-56(63)57-27-44(9-18-64(57)87)52-13-5-40(31-79)23-48(52)35-83)60(38-86)69(55)88-65-19-10-45(53-14-6-41(32-80)24-49(53)36-84)28-58(65)59-29-46(11-20-66(59)88)54-15-7-42(33-81)25-50(54)37-85/h1-29H. The molecule has 0 atom stereocenters. The fraction of sp³-hybridized carbons (Fsp3) is 0.0282. The van der Waals surface area contributed by atoms with Crippen LogP contribution in [0.15, 0.2) is 176 Å². The van der Waals surface area contributed by atoms with E-state index in [1.807, 2.05) is 24.3 Å². The van der Waals surface area contributed by atoms with Crippen molar-refractivity contribution in [3.05, 3.63) is 237 Å². The number of hydrogen-bond acceptors (Lipinski definition) is 9. The fourth-order valence-electron chi connectivity index (χ4n) is 11.7. The third-order valence-electron chi connectivity index (χ3n) is 15.5. The maximum Gasteiger partial charge on any atom is 0.417 e. The van der Waals surface area contributed by atoms with Crippen LogP contribution in [0.2, 0.25) is 0 Å². The van der Waals surface area contributed by atoms with Gasteiger partial charge in [-0.05, 0) is 160 Å². The summed E-state index contributed by atoms with van der Waals surface area (Å²) < 4.78 is 96.9. The zero-order chi connectivity index (χ0) is 61.9. The van der Waals surface area contributed by atoms with Crippen LogP contribution in [-0.2, 0) is 12.4 Å². The minimum atomic E-state index is -5.40. The molecule has 88 heavy (non-hydrogen) atoms.